The van der Waals surface area contributed by atoms with E-state index < -0.39 is 12.0 Å². The smallest absolute Gasteiger partial charge is 0.285 e. The monoisotopic (exact) mass is 336 g/mol. The number of ether oxygens (including phenoxy) is 1. The molecule has 0 aromatic heterocycles. The number of carboxylic acids is 1. The van der Waals surface area contributed by atoms with Gasteiger partial charge in [-0.2, -0.15) is 0 Å². The normalized spacial score (nSPS) is 11.3. The standard InChI is InChI=1S/C15H14NO4.Zn/c16-14(15(18)19)9-10-1-5-12(6-2-10)20-13-7-3-11(17)4-8-13;/h1-8,14,16-17H,9H2,(H,18,19);/q-1;/t14-;/m0./s1. The number of benzene rings is 2. The van der Waals surface area contributed by atoms with Crippen molar-refractivity contribution in [3.63, 3.8) is 0 Å². The quantitative estimate of drug-likeness (QED) is 0.819. The van der Waals surface area contributed by atoms with Gasteiger partial charge in [0.25, 0.3) is 5.97 Å². The molecule has 0 aliphatic carbocycles. The van der Waals surface area contributed by atoms with E-state index in [-0.39, 0.29) is 31.6 Å². The number of phenolic OH excluding ortho intramolecular Hbond substituents is 1. The second kappa shape index (κ2) is 7.76. The molecule has 3 N–H and O–H groups in total. The Bertz CT molecular complexity index is 584. The second-order valence-corrected chi connectivity index (χ2v) is 4.33. The van der Waals surface area contributed by atoms with Crippen molar-refractivity contribution in [2.24, 2.45) is 0 Å². The van der Waals surface area contributed by atoms with Crippen molar-refractivity contribution >= 4 is 5.97 Å². The fourth-order valence-electron chi connectivity index (χ4n) is 1.67. The van der Waals surface area contributed by atoms with Gasteiger partial charge in [-0.1, -0.05) is 12.1 Å². The predicted molar refractivity (Wildman–Crippen MR) is 74.1 cm³/mol. The van der Waals surface area contributed by atoms with E-state index in [0.29, 0.717) is 11.5 Å². The van der Waals surface area contributed by atoms with Crippen LogP contribution >= 0.6 is 0 Å². The Morgan fingerprint density at radius 3 is 2.00 bits per heavy atom. The zero-order chi connectivity index (χ0) is 14.5. The average Bonchev–Trinajstić information content (AvgIpc) is 2.43. The number of phenols is 1. The number of aliphatic carboxylic acids is 1. The van der Waals surface area contributed by atoms with Gasteiger partial charge in [-0.3, -0.25) is 4.79 Å². The van der Waals surface area contributed by atoms with Crippen LogP contribution < -0.4 is 4.74 Å². The van der Waals surface area contributed by atoms with Gasteiger partial charge in [0.1, 0.15) is 17.2 Å². The molecule has 106 valence electrons. The first kappa shape index (κ1) is 17.1. The molecule has 2 aromatic rings. The fourth-order valence-corrected chi connectivity index (χ4v) is 1.67. The van der Waals surface area contributed by atoms with Crippen LogP contribution in [0.25, 0.3) is 5.73 Å². The van der Waals surface area contributed by atoms with Crippen LogP contribution in [-0.2, 0) is 30.7 Å². The number of hydrogen-bond acceptors (Lipinski definition) is 3. The zero-order valence-electron chi connectivity index (χ0n) is 11.3. The molecule has 5 nitrogen and oxygen atoms in total. The third-order valence-electron chi connectivity index (χ3n) is 2.73. The van der Waals surface area contributed by atoms with E-state index in [1.807, 2.05) is 0 Å². The van der Waals surface area contributed by atoms with Crippen LogP contribution in [0, 0.1) is 0 Å². The molecule has 0 heterocycles. The number of hydrogen-bond donors (Lipinski definition) is 2. The first-order valence-electron chi connectivity index (χ1n) is 6.04. The SMILES string of the molecule is [NH-][C@@H](Cc1ccc(Oc2ccc(O)cc2)cc1)C(=O)O.[Zn]. The van der Waals surface area contributed by atoms with Gasteiger partial charge in [-0.15, -0.1) is 0 Å². The maximum atomic E-state index is 10.6. The topological polar surface area (TPSA) is 90.6 Å². The first-order chi connectivity index (χ1) is 9.54. The van der Waals surface area contributed by atoms with Crippen LogP contribution in [0.15, 0.2) is 48.5 Å². The first-order valence-corrected chi connectivity index (χ1v) is 6.04. The number of rotatable bonds is 5. The summed E-state index contributed by atoms with van der Waals surface area (Å²) in [6.45, 7) is 0. The van der Waals surface area contributed by atoms with Gasteiger partial charge in [0, 0.05) is 19.5 Å². The molecule has 0 aliphatic rings. The van der Waals surface area contributed by atoms with Crippen LogP contribution in [0.1, 0.15) is 5.56 Å². The van der Waals surface area contributed by atoms with Crippen LogP contribution in [0.2, 0.25) is 0 Å². The summed E-state index contributed by atoms with van der Waals surface area (Å²) >= 11 is 0. The van der Waals surface area contributed by atoms with Crippen LogP contribution in [0.3, 0.4) is 0 Å². The van der Waals surface area contributed by atoms with E-state index in [0.717, 1.165) is 5.56 Å². The Morgan fingerprint density at radius 2 is 1.52 bits per heavy atom. The van der Waals surface area contributed by atoms with Crippen molar-refractivity contribution in [2.75, 3.05) is 0 Å². The minimum Gasteiger partial charge on any atom is -0.665 e. The third-order valence-corrected chi connectivity index (χ3v) is 2.73. The molecule has 0 spiro atoms. The van der Waals surface area contributed by atoms with Gasteiger partial charge in [0.15, 0.2) is 0 Å². The number of aromatic hydroxyl groups is 1. The van der Waals surface area contributed by atoms with E-state index in [4.69, 9.17) is 20.7 Å². The molecule has 21 heavy (non-hydrogen) atoms. The molecule has 0 radical (unpaired) electrons. The summed E-state index contributed by atoms with van der Waals surface area (Å²) in [4.78, 5) is 10.6. The van der Waals surface area contributed by atoms with Crippen molar-refractivity contribution in [1.82, 2.24) is 0 Å². The Labute approximate surface area is 135 Å². The maximum Gasteiger partial charge on any atom is 0.285 e. The fraction of sp³-hybridized carbons (Fsp3) is 0.133. The Hall–Kier alpha value is -1.91. The molecule has 2 aromatic carbocycles. The summed E-state index contributed by atoms with van der Waals surface area (Å²) in [6, 6.07) is 12.1. The van der Waals surface area contributed by atoms with E-state index in [1.54, 1.807) is 36.4 Å². The van der Waals surface area contributed by atoms with Crippen LogP contribution in [0.4, 0.5) is 0 Å². The van der Waals surface area contributed by atoms with Gasteiger partial charge < -0.3 is 20.7 Å². The molecule has 0 bridgehead atoms. The largest absolute Gasteiger partial charge is 0.665 e. The number of nitrogens with one attached hydrogen (secondary N) is 1. The second-order valence-electron chi connectivity index (χ2n) is 4.33. The molecule has 0 aliphatic heterocycles. The van der Waals surface area contributed by atoms with Crippen molar-refractivity contribution in [1.29, 1.82) is 0 Å². The minimum absolute atomic E-state index is 0. The summed E-state index contributed by atoms with van der Waals surface area (Å²) in [5.41, 5.74) is 8.13. The van der Waals surface area contributed by atoms with Crippen molar-refractivity contribution in [3.05, 3.63) is 59.8 Å². The molecule has 6 heteroatoms. The number of carboxylic acid groups (broad SMARTS) is 1. The molecular weight excluding hydrogens is 324 g/mol. The Balaban J connectivity index is 0.00000220. The predicted octanol–water partition coefficient (Wildman–Crippen LogP) is 3.23. The van der Waals surface area contributed by atoms with Crippen molar-refractivity contribution < 1.29 is 39.2 Å². The van der Waals surface area contributed by atoms with E-state index in [1.165, 1.54) is 12.1 Å². The summed E-state index contributed by atoms with van der Waals surface area (Å²) < 4.78 is 5.57. The molecule has 0 saturated heterocycles. The summed E-state index contributed by atoms with van der Waals surface area (Å²) in [7, 11) is 0. The molecular formula is C15H14NO4Zn-. The van der Waals surface area contributed by atoms with Gasteiger partial charge >= 0.3 is 0 Å². The van der Waals surface area contributed by atoms with Gasteiger partial charge in [0.05, 0.1) is 0 Å². The Morgan fingerprint density at radius 1 is 1.05 bits per heavy atom. The van der Waals surface area contributed by atoms with Crippen LogP contribution in [-0.4, -0.2) is 22.2 Å². The zero-order valence-corrected chi connectivity index (χ0v) is 14.3. The van der Waals surface area contributed by atoms with Gasteiger partial charge in [0.2, 0.25) is 0 Å². The van der Waals surface area contributed by atoms with Crippen molar-refractivity contribution in [3.8, 4) is 17.2 Å². The number of carbonyl (C=O) groups is 1. The summed E-state index contributed by atoms with van der Waals surface area (Å²) in [6.07, 6.45) is 0.162. The molecule has 0 saturated carbocycles. The van der Waals surface area contributed by atoms with E-state index in [9.17, 15) is 4.79 Å². The Kier molecular flexibility index (Phi) is 6.34. The average molecular weight is 338 g/mol. The molecule has 0 unspecified atom stereocenters. The van der Waals surface area contributed by atoms with Crippen molar-refractivity contribution in [2.45, 2.75) is 12.5 Å². The summed E-state index contributed by atoms with van der Waals surface area (Å²) in [5, 5.41) is 17.8. The van der Waals surface area contributed by atoms with E-state index in [2.05, 4.69) is 0 Å². The minimum atomic E-state index is -1.15. The molecule has 1 atom stereocenters. The molecule has 0 amide bonds. The third kappa shape index (κ3) is 5.17. The van der Waals surface area contributed by atoms with Crippen LogP contribution in [0.5, 0.6) is 17.2 Å². The summed E-state index contributed by atoms with van der Waals surface area (Å²) in [5.74, 6) is 0.244. The van der Waals surface area contributed by atoms with Gasteiger partial charge in [-0.05, 0) is 54.4 Å². The van der Waals surface area contributed by atoms with E-state index >= 15 is 0 Å². The maximum absolute atomic E-state index is 10.6. The molecule has 2 rings (SSSR count). The molecule has 0 fully saturated rings. The van der Waals surface area contributed by atoms with Gasteiger partial charge in [-0.25, -0.2) is 0 Å².